The molecule has 0 N–H and O–H groups in total. The van der Waals surface area contributed by atoms with Gasteiger partial charge in [-0.05, 0) is 12.1 Å². The number of carbonyl (C=O) groups excluding carboxylic acids is 2. The summed E-state index contributed by atoms with van der Waals surface area (Å²) in [6, 6.07) is 3.13. The molecule has 0 fully saturated rings. The van der Waals surface area contributed by atoms with Crippen molar-refractivity contribution in [2.24, 2.45) is 0 Å². The highest BCUT2D eigenvalue weighted by Crippen LogP contribution is 2.07. The molecule has 0 saturated carbocycles. The normalized spacial score (nSPS) is 9.82. The molecule has 0 aromatic carbocycles. The predicted molar refractivity (Wildman–Crippen MR) is 62.8 cm³/mol. The Kier molecular flexibility index (Phi) is 4.90. The summed E-state index contributed by atoms with van der Waals surface area (Å²) in [7, 11) is 2.91. The Hall–Kier alpha value is -1.62. The smallest absolute Gasteiger partial charge is 0.307 e. The van der Waals surface area contributed by atoms with E-state index in [0.29, 0.717) is 10.7 Å². The van der Waals surface area contributed by atoms with E-state index >= 15 is 0 Å². The maximum atomic E-state index is 11.8. The number of methoxy groups -OCH3 is 1. The Morgan fingerprint density at radius 2 is 2.18 bits per heavy atom. The van der Waals surface area contributed by atoms with Crippen LogP contribution >= 0.6 is 11.6 Å². The Labute approximate surface area is 104 Å². The van der Waals surface area contributed by atoms with Crippen LogP contribution in [0.4, 0.5) is 0 Å². The lowest BCUT2D eigenvalue weighted by Gasteiger charge is -2.15. The molecular formula is C11H13ClN2O3. The third kappa shape index (κ3) is 4.03. The van der Waals surface area contributed by atoms with Gasteiger partial charge in [0.05, 0.1) is 18.6 Å². The summed E-state index contributed by atoms with van der Waals surface area (Å²) in [6.07, 6.45) is 1.56. The predicted octanol–water partition coefficient (Wildman–Crippen LogP) is 1.37. The van der Waals surface area contributed by atoms with Gasteiger partial charge < -0.3 is 9.64 Å². The van der Waals surface area contributed by atoms with Crippen molar-refractivity contribution < 1.29 is 14.3 Å². The van der Waals surface area contributed by atoms with Crippen LogP contribution in [0.1, 0.15) is 16.9 Å². The fourth-order valence-corrected chi connectivity index (χ4v) is 1.27. The zero-order valence-corrected chi connectivity index (χ0v) is 10.4. The fourth-order valence-electron chi connectivity index (χ4n) is 1.16. The molecule has 0 spiro atoms. The lowest BCUT2D eigenvalue weighted by molar-refractivity contribution is -0.140. The molecule has 1 aromatic rings. The number of ether oxygens (including phenoxy) is 1. The van der Waals surface area contributed by atoms with Gasteiger partial charge in [-0.25, -0.2) is 4.98 Å². The van der Waals surface area contributed by atoms with E-state index in [0.717, 1.165) is 0 Å². The second-order valence-corrected chi connectivity index (χ2v) is 3.85. The van der Waals surface area contributed by atoms with Gasteiger partial charge >= 0.3 is 5.97 Å². The number of halogens is 1. The summed E-state index contributed by atoms with van der Waals surface area (Å²) in [5.41, 5.74) is 0.293. The Balaban J connectivity index is 2.57. The second-order valence-electron chi connectivity index (χ2n) is 3.41. The molecule has 17 heavy (non-hydrogen) atoms. The monoisotopic (exact) mass is 256 g/mol. The van der Waals surface area contributed by atoms with Crippen LogP contribution in [-0.2, 0) is 9.53 Å². The van der Waals surface area contributed by atoms with Gasteiger partial charge in [-0.1, -0.05) is 11.6 Å². The van der Waals surface area contributed by atoms with Crippen LogP contribution in [0.2, 0.25) is 5.02 Å². The minimum absolute atomic E-state index is 0.159. The van der Waals surface area contributed by atoms with E-state index in [1.165, 1.54) is 18.2 Å². The number of aromatic nitrogens is 1. The van der Waals surface area contributed by atoms with Gasteiger partial charge in [-0.15, -0.1) is 0 Å². The molecule has 0 aliphatic heterocycles. The van der Waals surface area contributed by atoms with Gasteiger partial charge in [-0.3, -0.25) is 9.59 Å². The first-order valence-corrected chi connectivity index (χ1v) is 5.36. The van der Waals surface area contributed by atoms with E-state index in [1.807, 2.05) is 0 Å². The van der Waals surface area contributed by atoms with Crippen LogP contribution in [0, 0.1) is 0 Å². The molecule has 0 atom stereocenters. The third-order valence-corrected chi connectivity index (χ3v) is 2.40. The summed E-state index contributed by atoms with van der Waals surface area (Å²) >= 11 is 5.67. The summed E-state index contributed by atoms with van der Waals surface area (Å²) in [4.78, 5) is 28.1. The van der Waals surface area contributed by atoms with E-state index in [4.69, 9.17) is 11.6 Å². The Morgan fingerprint density at radius 3 is 2.71 bits per heavy atom. The largest absolute Gasteiger partial charge is 0.469 e. The quantitative estimate of drug-likeness (QED) is 0.764. The molecule has 0 saturated heterocycles. The van der Waals surface area contributed by atoms with Crippen molar-refractivity contribution in [1.82, 2.24) is 9.88 Å². The van der Waals surface area contributed by atoms with Gasteiger partial charge in [0, 0.05) is 19.8 Å². The average molecular weight is 257 g/mol. The molecule has 0 aliphatic carbocycles. The van der Waals surface area contributed by atoms with Gasteiger partial charge in [0.15, 0.2) is 0 Å². The number of nitrogens with zero attached hydrogens (tertiary/aromatic N) is 2. The topological polar surface area (TPSA) is 59.5 Å². The minimum Gasteiger partial charge on any atom is -0.469 e. The van der Waals surface area contributed by atoms with Gasteiger partial charge in [0.2, 0.25) is 0 Å². The van der Waals surface area contributed by atoms with Crippen molar-refractivity contribution >= 4 is 23.5 Å². The minimum atomic E-state index is -0.353. The highest BCUT2D eigenvalue weighted by atomic mass is 35.5. The number of rotatable bonds is 4. The van der Waals surface area contributed by atoms with Gasteiger partial charge in [0.1, 0.15) is 5.69 Å². The van der Waals surface area contributed by atoms with Gasteiger partial charge in [-0.2, -0.15) is 0 Å². The molecule has 1 rings (SSSR count). The highest BCUT2D eigenvalue weighted by Gasteiger charge is 2.14. The van der Waals surface area contributed by atoms with Crippen molar-refractivity contribution in [1.29, 1.82) is 0 Å². The number of pyridine rings is 1. The first-order chi connectivity index (χ1) is 8.04. The molecule has 0 unspecified atom stereocenters. The summed E-state index contributed by atoms with van der Waals surface area (Å²) in [6.45, 7) is 0.288. The lowest BCUT2D eigenvalue weighted by atomic mass is 10.3. The van der Waals surface area contributed by atoms with Gasteiger partial charge in [0.25, 0.3) is 5.91 Å². The third-order valence-electron chi connectivity index (χ3n) is 2.17. The zero-order chi connectivity index (χ0) is 12.8. The standard InChI is InChI=1S/C11H13ClN2O3/c1-14(6-5-10(15)17-2)11(16)9-4-3-8(12)7-13-9/h3-4,7H,5-6H2,1-2H3. The molecular weight excluding hydrogens is 244 g/mol. The summed E-state index contributed by atoms with van der Waals surface area (Å²) in [5, 5.41) is 0.471. The number of amides is 1. The molecule has 1 aromatic heterocycles. The first kappa shape index (κ1) is 13.4. The molecule has 1 heterocycles. The average Bonchev–Trinajstić information content (AvgIpc) is 2.35. The molecule has 0 radical (unpaired) electrons. The SMILES string of the molecule is COC(=O)CCN(C)C(=O)c1ccc(Cl)cn1. The van der Waals surface area contributed by atoms with Crippen LogP contribution in [0.3, 0.4) is 0 Å². The fraction of sp³-hybridized carbons (Fsp3) is 0.364. The van der Waals surface area contributed by atoms with Crippen molar-refractivity contribution in [3.8, 4) is 0 Å². The molecule has 6 heteroatoms. The van der Waals surface area contributed by atoms with Crippen molar-refractivity contribution in [2.75, 3.05) is 20.7 Å². The number of carbonyl (C=O) groups is 2. The first-order valence-electron chi connectivity index (χ1n) is 4.98. The van der Waals surface area contributed by atoms with Crippen LogP contribution in [0.25, 0.3) is 0 Å². The Bertz CT molecular complexity index is 406. The zero-order valence-electron chi connectivity index (χ0n) is 9.64. The molecule has 0 bridgehead atoms. The molecule has 92 valence electrons. The van der Waals surface area contributed by atoms with E-state index in [-0.39, 0.29) is 24.8 Å². The maximum Gasteiger partial charge on any atom is 0.307 e. The number of hydrogen-bond donors (Lipinski definition) is 0. The van der Waals surface area contributed by atoms with Crippen molar-refractivity contribution in [3.05, 3.63) is 29.0 Å². The van der Waals surface area contributed by atoms with Crippen LogP contribution in [0.15, 0.2) is 18.3 Å². The molecule has 5 nitrogen and oxygen atoms in total. The van der Waals surface area contributed by atoms with E-state index in [1.54, 1.807) is 19.2 Å². The van der Waals surface area contributed by atoms with Crippen molar-refractivity contribution in [3.63, 3.8) is 0 Å². The van der Waals surface area contributed by atoms with E-state index < -0.39 is 0 Å². The second kappa shape index (κ2) is 6.20. The van der Waals surface area contributed by atoms with Crippen molar-refractivity contribution in [2.45, 2.75) is 6.42 Å². The lowest BCUT2D eigenvalue weighted by Crippen LogP contribution is -2.29. The maximum absolute atomic E-state index is 11.8. The highest BCUT2D eigenvalue weighted by molar-refractivity contribution is 6.30. The molecule has 0 aliphatic rings. The summed E-state index contributed by atoms with van der Waals surface area (Å²) < 4.78 is 4.49. The Morgan fingerprint density at radius 1 is 1.47 bits per heavy atom. The molecule has 1 amide bonds. The van der Waals surface area contributed by atoms with Crippen LogP contribution < -0.4 is 0 Å². The van der Waals surface area contributed by atoms with Crippen LogP contribution in [0.5, 0.6) is 0 Å². The van der Waals surface area contributed by atoms with Crippen LogP contribution in [-0.4, -0.2) is 42.5 Å². The van der Waals surface area contributed by atoms with E-state index in [9.17, 15) is 9.59 Å². The number of hydrogen-bond acceptors (Lipinski definition) is 4. The van der Waals surface area contributed by atoms with E-state index in [2.05, 4.69) is 9.72 Å². The summed E-state index contributed by atoms with van der Waals surface area (Å²) in [5.74, 6) is -0.612. The number of esters is 1.